The van der Waals surface area contributed by atoms with Crippen molar-refractivity contribution in [1.82, 2.24) is 0 Å². The van der Waals surface area contributed by atoms with Crippen LogP contribution in [0, 0.1) is 0 Å². The lowest BCUT2D eigenvalue weighted by atomic mass is 10.0. The normalized spacial score (nSPS) is 12.3. The van der Waals surface area contributed by atoms with Crippen molar-refractivity contribution < 1.29 is 28.6 Å². The Bertz CT molecular complexity index is 969. The number of carbonyl (C=O) groups excluding carboxylic acids is 3. The molecule has 0 saturated carbocycles. The third kappa shape index (κ3) is 44.6. The highest BCUT2D eigenvalue weighted by atomic mass is 16.6. The molecule has 0 aliphatic carbocycles. The highest BCUT2D eigenvalue weighted by Gasteiger charge is 2.19. The molecule has 0 spiro atoms. The second-order valence-corrected chi connectivity index (χ2v) is 16.3. The molecular formula is C51H92O6. The van der Waals surface area contributed by atoms with Crippen LogP contribution in [0.3, 0.4) is 0 Å². The molecule has 0 bridgehead atoms. The summed E-state index contributed by atoms with van der Waals surface area (Å²) in [6, 6.07) is 0. The summed E-state index contributed by atoms with van der Waals surface area (Å²) in [5.74, 6) is -0.923. The molecule has 0 rings (SSSR count). The van der Waals surface area contributed by atoms with Gasteiger partial charge in [-0.15, -0.1) is 0 Å². The van der Waals surface area contributed by atoms with E-state index in [-0.39, 0.29) is 31.1 Å². The summed E-state index contributed by atoms with van der Waals surface area (Å²) in [5, 5.41) is 0. The largest absolute Gasteiger partial charge is 0.462 e. The van der Waals surface area contributed by atoms with Crippen molar-refractivity contribution in [3.63, 3.8) is 0 Å². The quantitative estimate of drug-likeness (QED) is 0.0264. The van der Waals surface area contributed by atoms with Gasteiger partial charge in [-0.05, 0) is 70.6 Å². The predicted octanol–water partition coefficient (Wildman–Crippen LogP) is 15.8. The van der Waals surface area contributed by atoms with E-state index < -0.39 is 6.10 Å². The van der Waals surface area contributed by atoms with Gasteiger partial charge in [0.05, 0.1) is 0 Å². The SMILES string of the molecule is CC/C=C\C/C=C\CCCCC(=O)OCC(COC(=O)CCCCCCC/C=C\CCCCCCCCC)OC(=O)CCCCCCCCCCCCCCCC. The molecule has 0 fully saturated rings. The van der Waals surface area contributed by atoms with Crippen LogP contribution in [0.1, 0.15) is 252 Å². The van der Waals surface area contributed by atoms with Crippen LogP contribution >= 0.6 is 0 Å². The van der Waals surface area contributed by atoms with Crippen molar-refractivity contribution in [2.75, 3.05) is 13.2 Å². The topological polar surface area (TPSA) is 78.9 Å². The lowest BCUT2D eigenvalue weighted by molar-refractivity contribution is -0.167. The fraction of sp³-hybridized carbons (Fsp3) is 0.824. The zero-order valence-corrected chi connectivity index (χ0v) is 37.9. The fourth-order valence-electron chi connectivity index (χ4n) is 6.94. The first-order chi connectivity index (χ1) is 28.0. The van der Waals surface area contributed by atoms with Gasteiger partial charge in [0.15, 0.2) is 6.10 Å². The van der Waals surface area contributed by atoms with Crippen LogP contribution in [0.2, 0.25) is 0 Å². The zero-order valence-electron chi connectivity index (χ0n) is 37.9. The van der Waals surface area contributed by atoms with Crippen LogP contribution in [0.5, 0.6) is 0 Å². The van der Waals surface area contributed by atoms with Crippen LogP contribution in [0.25, 0.3) is 0 Å². The smallest absolute Gasteiger partial charge is 0.306 e. The van der Waals surface area contributed by atoms with Crippen molar-refractivity contribution in [3.05, 3.63) is 36.5 Å². The first-order valence-electron chi connectivity index (χ1n) is 24.5. The molecule has 1 unspecified atom stereocenters. The summed E-state index contributed by atoms with van der Waals surface area (Å²) < 4.78 is 16.7. The van der Waals surface area contributed by atoms with Gasteiger partial charge in [0, 0.05) is 19.3 Å². The standard InChI is InChI=1S/C51H92O6/c1-4-7-10-13-16-19-21-23-25-26-28-29-32-35-38-41-44-50(53)56-47-48(46-55-49(52)43-40-37-34-31-18-15-12-9-6-3)57-51(54)45-42-39-36-33-30-27-24-22-20-17-14-11-8-5-2/h9,12,18,25-26,31,48H,4-8,10-11,13-17,19-24,27-30,32-47H2,1-3H3/b12-9-,26-25-,31-18-. The van der Waals surface area contributed by atoms with Gasteiger partial charge in [-0.2, -0.15) is 0 Å². The van der Waals surface area contributed by atoms with E-state index in [2.05, 4.69) is 57.2 Å². The first-order valence-corrected chi connectivity index (χ1v) is 24.5. The number of rotatable bonds is 44. The number of unbranched alkanes of at least 4 members (excludes halogenated alkanes) is 27. The van der Waals surface area contributed by atoms with Gasteiger partial charge in [0.1, 0.15) is 13.2 Å². The first kappa shape index (κ1) is 54.6. The number of hydrogen-bond acceptors (Lipinski definition) is 6. The summed E-state index contributed by atoms with van der Waals surface area (Å²) in [6.07, 6.45) is 52.8. The molecule has 57 heavy (non-hydrogen) atoms. The van der Waals surface area contributed by atoms with Gasteiger partial charge in [-0.1, -0.05) is 198 Å². The van der Waals surface area contributed by atoms with E-state index in [4.69, 9.17) is 14.2 Å². The van der Waals surface area contributed by atoms with E-state index >= 15 is 0 Å². The zero-order chi connectivity index (χ0) is 41.5. The molecule has 0 saturated heterocycles. The lowest BCUT2D eigenvalue weighted by Crippen LogP contribution is -2.30. The Morgan fingerprint density at radius 1 is 0.368 bits per heavy atom. The maximum absolute atomic E-state index is 12.7. The predicted molar refractivity (Wildman–Crippen MR) is 242 cm³/mol. The van der Waals surface area contributed by atoms with Crippen LogP contribution in [0.15, 0.2) is 36.5 Å². The third-order valence-corrected chi connectivity index (χ3v) is 10.6. The summed E-state index contributed by atoms with van der Waals surface area (Å²) in [5.41, 5.74) is 0. The van der Waals surface area contributed by atoms with Crippen molar-refractivity contribution in [2.45, 2.75) is 258 Å². The van der Waals surface area contributed by atoms with Crippen molar-refractivity contribution >= 4 is 17.9 Å². The number of allylic oxidation sites excluding steroid dienone is 6. The van der Waals surface area contributed by atoms with E-state index in [1.807, 2.05) is 0 Å². The van der Waals surface area contributed by atoms with Crippen molar-refractivity contribution in [1.29, 1.82) is 0 Å². The van der Waals surface area contributed by atoms with E-state index in [1.165, 1.54) is 135 Å². The molecule has 0 radical (unpaired) electrons. The number of esters is 3. The highest BCUT2D eigenvalue weighted by molar-refractivity contribution is 5.71. The summed E-state index contributed by atoms with van der Waals surface area (Å²) in [6.45, 7) is 6.48. The monoisotopic (exact) mass is 801 g/mol. The van der Waals surface area contributed by atoms with Gasteiger partial charge in [0.25, 0.3) is 0 Å². The molecule has 0 aromatic heterocycles. The molecule has 0 aliphatic rings. The average molecular weight is 801 g/mol. The minimum atomic E-state index is -0.782. The molecule has 0 aromatic carbocycles. The molecule has 6 nitrogen and oxygen atoms in total. The molecule has 0 aliphatic heterocycles. The average Bonchev–Trinajstić information content (AvgIpc) is 3.21. The Kier molecular flexibility index (Phi) is 44.4. The summed E-state index contributed by atoms with van der Waals surface area (Å²) >= 11 is 0. The Morgan fingerprint density at radius 3 is 1.11 bits per heavy atom. The van der Waals surface area contributed by atoms with E-state index in [0.29, 0.717) is 19.3 Å². The highest BCUT2D eigenvalue weighted by Crippen LogP contribution is 2.15. The van der Waals surface area contributed by atoms with Gasteiger partial charge in [-0.3, -0.25) is 14.4 Å². The summed E-state index contributed by atoms with van der Waals surface area (Å²) in [4.78, 5) is 37.8. The minimum Gasteiger partial charge on any atom is -0.462 e. The Morgan fingerprint density at radius 2 is 0.684 bits per heavy atom. The molecule has 0 amide bonds. The van der Waals surface area contributed by atoms with Crippen molar-refractivity contribution in [3.8, 4) is 0 Å². The molecular weight excluding hydrogens is 709 g/mol. The number of hydrogen-bond donors (Lipinski definition) is 0. The van der Waals surface area contributed by atoms with Crippen LogP contribution in [0.4, 0.5) is 0 Å². The molecule has 6 heteroatoms. The number of ether oxygens (including phenoxy) is 3. The van der Waals surface area contributed by atoms with Crippen LogP contribution in [-0.2, 0) is 28.6 Å². The maximum Gasteiger partial charge on any atom is 0.306 e. The minimum absolute atomic E-state index is 0.0843. The lowest BCUT2D eigenvalue weighted by Gasteiger charge is -2.18. The Balaban J connectivity index is 4.34. The van der Waals surface area contributed by atoms with Gasteiger partial charge in [0.2, 0.25) is 0 Å². The molecule has 1 atom stereocenters. The van der Waals surface area contributed by atoms with E-state index in [9.17, 15) is 14.4 Å². The van der Waals surface area contributed by atoms with E-state index in [0.717, 1.165) is 77.0 Å². The summed E-state index contributed by atoms with van der Waals surface area (Å²) in [7, 11) is 0. The van der Waals surface area contributed by atoms with E-state index in [1.54, 1.807) is 0 Å². The molecule has 0 heterocycles. The van der Waals surface area contributed by atoms with Crippen LogP contribution < -0.4 is 0 Å². The molecule has 0 N–H and O–H groups in total. The van der Waals surface area contributed by atoms with Gasteiger partial charge < -0.3 is 14.2 Å². The second-order valence-electron chi connectivity index (χ2n) is 16.3. The molecule has 0 aromatic rings. The Hall–Kier alpha value is -2.37. The Labute approximate surface area is 353 Å². The van der Waals surface area contributed by atoms with Gasteiger partial charge in [-0.25, -0.2) is 0 Å². The third-order valence-electron chi connectivity index (χ3n) is 10.6. The fourth-order valence-corrected chi connectivity index (χ4v) is 6.94. The van der Waals surface area contributed by atoms with Crippen LogP contribution in [-0.4, -0.2) is 37.2 Å². The van der Waals surface area contributed by atoms with Crippen molar-refractivity contribution in [2.24, 2.45) is 0 Å². The van der Waals surface area contributed by atoms with Gasteiger partial charge >= 0.3 is 17.9 Å². The maximum atomic E-state index is 12.7. The second kappa shape index (κ2) is 46.3. The molecule has 332 valence electrons. The number of carbonyl (C=O) groups is 3.